The summed E-state index contributed by atoms with van der Waals surface area (Å²) >= 11 is 1.35. The van der Waals surface area contributed by atoms with E-state index in [2.05, 4.69) is 33.2 Å². The summed E-state index contributed by atoms with van der Waals surface area (Å²) in [5.74, 6) is -2.39. The lowest BCUT2D eigenvalue weighted by atomic mass is 9.70. The van der Waals surface area contributed by atoms with Crippen molar-refractivity contribution in [2.24, 2.45) is 10.8 Å². The Balaban J connectivity index is 1.77. The van der Waals surface area contributed by atoms with Crippen LogP contribution in [0.1, 0.15) is 97.3 Å². The van der Waals surface area contributed by atoms with E-state index in [0.717, 1.165) is 32.1 Å². The summed E-state index contributed by atoms with van der Waals surface area (Å²) in [6.45, 7) is 14.5. The lowest BCUT2D eigenvalue weighted by Crippen LogP contribution is -2.62. The van der Waals surface area contributed by atoms with Crippen molar-refractivity contribution in [1.29, 1.82) is 0 Å². The van der Waals surface area contributed by atoms with Gasteiger partial charge < -0.3 is 31.5 Å². The Labute approximate surface area is 307 Å². The number of nitrogens with zero attached hydrogens (tertiary/aromatic N) is 1. The molecule has 2 heterocycles. The largest absolute Gasteiger partial charge is 0.346 e. The van der Waals surface area contributed by atoms with Gasteiger partial charge in [0.15, 0.2) is 9.84 Å². The standard InChI is InChI=1S/C36H58N6O7S2/c1-8-14-24(29(43)32(45)38-19-9-2)39-31(44)25-15-13-20-42(25)33(46)30(36(6)17-11-10-12-18-36)41-34(47)40-28(35(3,4)5)23-37-22-26-27(16-21-50-26)51(7,48)49/h9,16,21,24-25,28,30,37H,2,8,10-15,17-20,22-23H2,1,3-7H3,(H,38,45)(H,39,44)(H2,40,41,47)/t24?,25-,28+,30+/m0/s1. The number of hydrogen-bond acceptors (Lipinski definition) is 9. The molecule has 3 rings (SSSR count). The fourth-order valence-corrected chi connectivity index (χ4v) is 9.13. The van der Waals surface area contributed by atoms with E-state index < -0.39 is 57.0 Å². The smallest absolute Gasteiger partial charge is 0.315 e. The first kappa shape index (κ1) is 42.1. The van der Waals surface area contributed by atoms with Crippen molar-refractivity contribution in [2.75, 3.05) is 25.9 Å². The van der Waals surface area contributed by atoms with Gasteiger partial charge in [0.25, 0.3) is 5.91 Å². The minimum Gasteiger partial charge on any atom is -0.346 e. The Hall–Kier alpha value is -3.30. The Morgan fingerprint density at radius 2 is 1.76 bits per heavy atom. The van der Waals surface area contributed by atoms with Crippen LogP contribution in [0, 0.1) is 10.8 Å². The molecule has 51 heavy (non-hydrogen) atoms. The highest BCUT2D eigenvalue weighted by Crippen LogP contribution is 2.40. The number of carbonyl (C=O) groups excluding carboxylic acids is 5. The molecule has 1 saturated heterocycles. The lowest BCUT2D eigenvalue weighted by Gasteiger charge is -2.42. The van der Waals surface area contributed by atoms with Gasteiger partial charge in [-0.2, -0.15) is 0 Å². The number of ketones is 1. The number of hydrogen-bond donors (Lipinski definition) is 5. The molecule has 0 aromatic carbocycles. The maximum Gasteiger partial charge on any atom is 0.315 e. The molecule has 1 saturated carbocycles. The van der Waals surface area contributed by atoms with Gasteiger partial charge in [0.05, 0.1) is 10.9 Å². The van der Waals surface area contributed by atoms with Crippen LogP contribution in [0.5, 0.6) is 0 Å². The molecule has 0 radical (unpaired) electrons. The van der Waals surface area contributed by atoms with Gasteiger partial charge in [-0.1, -0.05) is 66.4 Å². The summed E-state index contributed by atoms with van der Waals surface area (Å²) in [7, 11) is -3.37. The summed E-state index contributed by atoms with van der Waals surface area (Å²) in [5, 5.41) is 16.3. The quantitative estimate of drug-likeness (QED) is 0.119. The third-order valence-corrected chi connectivity index (χ3v) is 12.2. The molecule has 4 atom stereocenters. The average Bonchev–Trinajstić information content (AvgIpc) is 3.75. The molecule has 0 bridgehead atoms. The molecular formula is C36H58N6O7S2. The summed E-state index contributed by atoms with van der Waals surface area (Å²) < 4.78 is 24.3. The average molecular weight is 751 g/mol. The van der Waals surface area contributed by atoms with Gasteiger partial charge in [-0.25, -0.2) is 13.2 Å². The van der Waals surface area contributed by atoms with Crippen molar-refractivity contribution in [3.63, 3.8) is 0 Å². The van der Waals surface area contributed by atoms with E-state index in [1.807, 2.05) is 34.6 Å². The van der Waals surface area contributed by atoms with Crippen LogP contribution < -0.4 is 26.6 Å². The minimum atomic E-state index is -3.37. The Morgan fingerprint density at radius 1 is 1.08 bits per heavy atom. The Morgan fingerprint density at radius 3 is 2.37 bits per heavy atom. The Bertz CT molecular complexity index is 1510. The highest BCUT2D eigenvalue weighted by molar-refractivity contribution is 7.90. The van der Waals surface area contributed by atoms with E-state index in [9.17, 15) is 32.4 Å². The van der Waals surface area contributed by atoms with Crippen LogP contribution in [-0.2, 0) is 35.6 Å². The maximum atomic E-state index is 14.5. The Kier molecular flexibility index (Phi) is 15.2. The zero-order valence-electron chi connectivity index (χ0n) is 31.1. The highest BCUT2D eigenvalue weighted by Gasteiger charge is 2.46. The molecule has 2 fully saturated rings. The van der Waals surface area contributed by atoms with Crippen LogP contribution in [0.25, 0.3) is 0 Å². The number of Topliss-reactive ketones (excluding diaryl/α,β-unsaturated/α-hetero) is 1. The number of amides is 5. The molecule has 5 N–H and O–H groups in total. The van der Waals surface area contributed by atoms with Gasteiger partial charge in [0, 0.05) is 43.4 Å². The second kappa shape index (κ2) is 18.5. The minimum absolute atomic E-state index is 0.122. The monoisotopic (exact) mass is 750 g/mol. The molecule has 1 aliphatic heterocycles. The van der Waals surface area contributed by atoms with Crippen molar-refractivity contribution in [1.82, 2.24) is 31.5 Å². The number of nitrogens with one attached hydrogen (secondary N) is 5. The molecule has 286 valence electrons. The highest BCUT2D eigenvalue weighted by atomic mass is 32.2. The van der Waals surface area contributed by atoms with Crippen LogP contribution in [0.4, 0.5) is 4.79 Å². The first-order chi connectivity index (χ1) is 23.9. The lowest BCUT2D eigenvalue weighted by molar-refractivity contribution is -0.144. The van der Waals surface area contributed by atoms with Crippen LogP contribution >= 0.6 is 11.3 Å². The van der Waals surface area contributed by atoms with Crippen molar-refractivity contribution in [3.05, 3.63) is 29.0 Å². The van der Waals surface area contributed by atoms with Gasteiger partial charge in [-0.3, -0.25) is 19.2 Å². The molecular weight excluding hydrogens is 693 g/mol. The fraction of sp³-hybridized carbons (Fsp3) is 0.694. The predicted molar refractivity (Wildman–Crippen MR) is 199 cm³/mol. The number of rotatable bonds is 17. The van der Waals surface area contributed by atoms with E-state index in [-0.39, 0.29) is 35.2 Å². The first-order valence-electron chi connectivity index (χ1n) is 18.0. The topological polar surface area (TPSA) is 183 Å². The summed E-state index contributed by atoms with van der Waals surface area (Å²) in [6.07, 6.45) is 8.76. The van der Waals surface area contributed by atoms with Gasteiger partial charge in [-0.05, 0) is 54.4 Å². The van der Waals surface area contributed by atoms with Crippen molar-refractivity contribution in [3.8, 4) is 0 Å². The van der Waals surface area contributed by atoms with E-state index in [1.165, 1.54) is 28.6 Å². The number of sulfone groups is 1. The fourth-order valence-electron chi connectivity index (χ4n) is 6.91. The molecule has 0 spiro atoms. The second-order valence-electron chi connectivity index (χ2n) is 15.2. The number of carbonyl (C=O) groups is 5. The summed E-state index contributed by atoms with van der Waals surface area (Å²) in [4.78, 5) is 69.7. The molecule has 1 aromatic rings. The van der Waals surface area contributed by atoms with Crippen molar-refractivity contribution >= 4 is 50.7 Å². The van der Waals surface area contributed by atoms with E-state index in [0.29, 0.717) is 43.8 Å². The van der Waals surface area contributed by atoms with Crippen LogP contribution in [-0.4, -0.2) is 92.9 Å². The molecule has 13 nitrogen and oxygen atoms in total. The van der Waals surface area contributed by atoms with E-state index in [1.54, 1.807) is 11.4 Å². The van der Waals surface area contributed by atoms with Gasteiger partial charge in [0.1, 0.15) is 12.1 Å². The van der Waals surface area contributed by atoms with Crippen LogP contribution in [0.3, 0.4) is 0 Å². The number of likely N-dealkylation sites (tertiary alicyclic amines) is 1. The normalized spacial score (nSPS) is 19.3. The molecule has 5 amide bonds. The summed E-state index contributed by atoms with van der Waals surface area (Å²) in [5.41, 5.74) is -0.933. The van der Waals surface area contributed by atoms with Gasteiger partial charge in [0.2, 0.25) is 17.6 Å². The van der Waals surface area contributed by atoms with E-state index >= 15 is 0 Å². The predicted octanol–water partition coefficient (Wildman–Crippen LogP) is 3.44. The van der Waals surface area contributed by atoms with Crippen LogP contribution in [0.2, 0.25) is 0 Å². The van der Waals surface area contributed by atoms with Gasteiger partial charge in [-0.15, -0.1) is 17.9 Å². The number of thiophene rings is 1. The summed E-state index contributed by atoms with van der Waals surface area (Å²) in [6, 6.07) is -2.07. The number of urea groups is 1. The third kappa shape index (κ3) is 11.6. The first-order valence-corrected chi connectivity index (χ1v) is 20.8. The molecule has 15 heteroatoms. The third-order valence-electron chi connectivity index (χ3n) is 9.98. The maximum absolute atomic E-state index is 14.5. The molecule has 1 aliphatic carbocycles. The van der Waals surface area contributed by atoms with Crippen molar-refractivity contribution in [2.45, 2.75) is 128 Å². The van der Waals surface area contributed by atoms with Gasteiger partial charge >= 0.3 is 6.03 Å². The van der Waals surface area contributed by atoms with Crippen LogP contribution in [0.15, 0.2) is 29.0 Å². The zero-order valence-corrected chi connectivity index (χ0v) is 32.7. The molecule has 2 aliphatic rings. The molecule has 1 unspecified atom stereocenters. The zero-order chi connectivity index (χ0) is 38.0. The van der Waals surface area contributed by atoms with Crippen molar-refractivity contribution < 1.29 is 32.4 Å². The second-order valence-corrected chi connectivity index (χ2v) is 18.2. The molecule has 1 aromatic heterocycles. The SMILES string of the molecule is C=CCNC(=O)C(=O)C(CCC)NC(=O)[C@@H]1CCCN1C(=O)[C@@H](NC(=O)N[C@H](CNCc1sccc1S(C)(=O)=O)C(C)(C)C)C1(C)CCCCC1. The van der Waals surface area contributed by atoms with E-state index in [4.69, 9.17) is 0 Å².